The molecule has 1 saturated heterocycles. The highest BCUT2D eigenvalue weighted by Crippen LogP contribution is 2.57. The van der Waals surface area contributed by atoms with Crippen LogP contribution in [0.15, 0.2) is 29.4 Å². The summed E-state index contributed by atoms with van der Waals surface area (Å²) in [4.78, 5) is 11.6. The van der Waals surface area contributed by atoms with Gasteiger partial charge in [-0.15, -0.1) is 24.0 Å². The summed E-state index contributed by atoms with van der Waals surface area (Å²) in [5.74, 6) is 2.08. The van der Waals surface area contributed by atoms with Crippen molar-refractivity contribution in [3.05, 3.63) is 24.4 Å². The van der Waals surface area contributed by atoms with Crippen LogP contribution in [0.3, 0.4) is 0 Å². The third-order valence-electron chi connectivity index (χ3n) is 6.87. The van der Waals surface area contributed by atoms with Crippen LogP contribution in [0.1, 0.15) is 52.4 Å². The zero-order valence-corrected chi connectivity index (χ0v) is 20.1. The summed E-state index contributed by atoms with van der Waals surface area (Å²) in [5, 5.41) is 7.47. The van der Waals surface area contributed by atoms with Gasteiger partial charge in [0, 0.05) is 49.9 Å². The number of aromatic nitrogens is 1. The molecule has 1 aliphatic heterocycles. The molecule has 2 unspecified atom stereocenters. The molecule has 2 atom stereocenters. The van der Waals surface area contributed by atoms with Gasteiger partial charge in [-0.2, -0.15) is 0 Å². The maximum atomic E-state index is 6.00. The summed E-state index contributed by atoms with van der Waals surface area (Å²) >= 11 is 0. The largest absolute Gasteiger partial charge is 0.378 e. The summed E-state index contributed by atoms with van der Waals surface area (Å²) in [7, 11) is 0. The summed E-state index contributed by atoms with van der Waals surface area (Å²) in [5.41, 5.74) is 0.356. The van der Waals surface area contributed by atoms with Crippen molar-refractivity contribution in [1.82, 2.24) is 15.6 Å². The molecular formula is C22H36IN5O. The van der Waals surface area contributed by atoms with Gasteiger partial charge in [0.15, 0.2) is 5.96 Å². The number of guanidine groups is 1. The number of aliphatic imine (C=N–C) groups is 1. The first-order chi connectivity index (χ1) is 13.7. The average molecular weight is 513 g/mol. The Morgan fingerprint density at radius 1 is 1.24 bits per heavy atom. The molecule has 29 heavy (non-hydrogen) atoms. The molecule has 2 saturated carbocycles. The highest BCUT2D eigenvalue weighted by Gasteiger charge is 2.59. The van der Waals surface area contributed by atoms with Gasteiger partial charge < -0.3 is 20.3 Å². The molecule has 1 spiro atoms. The molecule has 2 heterocycles. The van der Waals surface area contributed by atoms with Crippen LogP contribution in [0.5, 0.6) is 0 Å². The lowest BCUT2D eigenvalue weighted by Gasteiger charge is -2.61. The van der Waals surface area contributed by atoms with Crippen LogP contribution in [-0.2, 0) is 4.74 Å². The van der Waals surface area contributed by atoms with Crippen molar-refractivity contribution >= 4 is 35.8 Å². The minimum atomic E-state index is 0. The monoisotopic (exact) mass is 513 g/mol. The van der Waals surface area contributed by atoms with E-state index >= 15 is 0 Å². The van der Waals surface area contributed by atoms with E-state index in [1.165, 1.54) is 19.3 Å². The van der Waals surface area contributed by atoms with E-state index in [0.29, 0.717) is 23.6 Å². The van der Waals surface area contributed by atoms with Crippen LogP contribution in [0.4, 0.5) is 5.82 Å². The van der Waals surface area contributed by atoms with E-state index in [2.05, 4.69) is 46.5 Å². The van der Waals surface area contributed by atoms with Crippen molar-refractivity contribution in [2.45, 2.75) is 70.6 Å². The second-order valence-electron chi connectivity index (χ2n) is 8.38. The Kier molecular flexibility index (Phi) is 8.01. The SMILES string of the molecule is CCN=C(NC1CCN(c2ccccn2)CC1)NC1CC(OCC)C12CCC2.I. The fourth-order valence-corrected chi connectivity index (χ4v) is 5.08. The molecule has 0 amide bonds. The van der Waals surface area contributed by atoms with Crippen LogP contribution in [0, 0.1) is 5.41 Å². The van der Waals surface area contributed by atoms with E-state index in [9.17, 15) is 0 Å². The quantitative estimate of drug-likeness (QED) is 0.346. The second kappa shape index (κ2) is 10.3. The Morgan fingerprint density at radius 2 is 2.03 bits per heavy atom. The average Bonchev–Trinajstić information content (AvgIpc) is 2.67. The Hall–Kier alpha value is -1.09. The summed E-state index contributed by atoms with van der Waals surface area (Å²) < 4.78 is 6.00. The molecule has 0 aromatic carbocycles. The number of nitrogens with one attached hydrogen (secondary N) is 2. The molecule has 3 aliphatic rings. The first-order valence-corrected chi connectivity index (χ1v) is 11.1. The van der Waals surface area contributed by atoms with Gasteiger partial charge in [0.1, 0.15) is 5.82 Å². The van der Waals surface area contributed by atoms with Crippen molar-refractivity contribution in [1.29, 1.82) is 0 Å². The van der Waals surface area contributed by atoms with Gasteiger partial charge in [-0.25, -0.2) is 4.98 Å². The minimum absolute atomic E-state index is 0. The lowest BCUT2D eigenvalue weighted by molar-refractivity contribution is -0.168. The van der Waals surface area contributed by atoms with Crippen molar-refractivity contribution in [2.75, 3.05) is 31.1 Å². The highest BCUT2D eigenvalue weighted by molar-refractivity contribution is 14.0. The number of pyridine rings is 1. The Labute approximate surface area is 192 Å². The first-order valence-electron chi connectivity index (χ1n) is 11.1. The summed E-state index contributed by atoms with van der Waals surface area (Å²) in [6.07, 6.45) is 9.55. The van der Waals surface area contributed by atoms with Gasteiger partial charge >= 0.3 is 0 Å². The van der Waals surface area contributed by atoms with Crippen LogP contribution in [-0.4, -0.2) is 55.4 Å². The van der Waals surface area contributed by atoms with E-state index in [1.54, 1.807) is 0 Å². The fourth-order valence-electron chi connectivity index (χ4n) is 5.08. The number of halogens is 1. The standard InChI is InChI=1S/C22H35N5O.HI/c1-3-23-21(26-18-16-19(28-4-2)22(18)11-7-12-22)25-17-9-14-27(15-10-17)20-8-5-6-13-24-20;/h5-6,8,13,17-19H,3-4,7,9-12,14-16H2,1-2H3,(H2,23,25,26);1H. The van der Waals surface area contributed by atoms with Gasteiger partial charge in [-0.05, 0) is 58.1 Å². The Balaban J connectivity index is 0.00000240. The van der Waals surface area contributed by atoms with E-state index in [1.807, 2.05) is 12.3 Å². The van der Waals surface area contributed by atoms with Gasteiger partial charge in [0.2, 0.25) is 0 Å². The van der Waals surface area contributed by atoms with Crippen LogP contribution in [0.2, 0.25) is 0 Å². The van der Waals surface area contributed by atoms with Crippen LogP contribution in [0.25, 0.3) is 0 Å². The number of rotatable bonds is 6. The lowest BCUT2D eigenvalue weighted by Crippen LogP contribution is -2.69. The minimum Gasteiger partial charge on any atom is -0.378 e. The molecule has 0 bridgehead atoms. The number of anilines is 1. The zero-order chi connectivity index (χ0) is 19.4. The molecule has 3 fully saturated rings. The van der Waals surface area contributed by atoms with Gasteiger partial charge in [-0.1, -0.05) is 12.5 Å². The molecule has 6 nitrogen and oxygen atoms in total. The third kappa shape index (κ3) is 4.81. The molecule has 1 aromatic heterocycles. The maximum Gasteiger partial charge on any atom is 0.191 e. The molecule has 4 rings (SSSR count). The zero-order valence-electron chi connectivity index (χ0n) is 17.8. The van der Waals surface area contributed by atoms with Gasteiger partial charge in [-0.3, -0.25) is 4.99 Å². The van der Waals surface area contributed by atoms with Gasteiger partial charge in [0.05, 0.1) is 6.10 Å². The number of piperidine rings is 1. The number of nitrogens with zero attached hydrogens (tertiary/aromatic N) is 3. The van der Waals surface area contributed by atoms with Crippen molar-refractivity contribution in [3.8, 4) is 0 Å². The van der Waals surface area contributed by atoms with Crippen molar-refractivity contribution in [3.63, 3.8) is 0 Å². The molecule has 2 aliphatic carbocycles. The van der Waals surface area contributed by atoms with E-state index < -0.39 is 0 Å². The van der Waals surface area contributed by atoms with Crippen LogP contribution < -0.4 is 15.5 Å². The second-order valence-corrected chi connectivity index (χ2v) is 8.38. The topological polar surface area (TPSA) is 61.8 Å². The number of hydrogen-bond acceptors (Lipinski definition) is 4. The van der Waals surface area contributed by atoms with E-state index in [0.717, 1.165) is 57.3 Å². The fraction of sp³-hybridized carbons (Fsp3) is 0.727. The predicted octanol–water partition coefficient (Wildman–Crippen LogP) is 3.57. The third-order valence-corrected chi connectivity index (χ3v) is 6.87. The molecule has 162 valence electrons. The number of ether oxygens (including phenoxy) is 1. The molecule has 1 aromatic rings. The number of hydrogen-bond donors (Lipinski definition) is 2. The Bertz CT molecular complexity index is 658. The molecule has 0 radical (unpaired) electrons. The molecular weight excluding hydrogens is 477 g/mol. The maximum absolute atomic E-state index is 6.00. The predicted molar refractivity (Wildman–Crippen MR) is 129 cm³/mol. The molecule has 2 N–H and O–H groups in total. The van der Waals surface area contributed by atoms with Crippen molar-refractivity contribution in [2.24, 2.45) is 10.4 Å². The summed E-state index contributed by atoms with van der Waals surface area (Å²) in [6.45, 7) is 7.91. The normalized spacial score (nSPS) is 26.3. The van der Waals surface area contributed by atoms with Crippen LogP contribution >= 0.6 is 24.0 Å². The van der Waals surface area contributed by atoms with E-state index in [-0.39, 0.29) is 24.0 Å². The molecule has 7 heteroatoms. The van der Waals surface area contributed by atoms with E-state index in [4.69, 9.17) is 9.73 Å². The first kappa shape index (κ1) is 22.6. The Morgan fingerprint density at radius 3 is 2.62 bits per heavy atom. The lowest BCUT2D eigenvalue weighted by atomic mass is 9.51. The highest BCUT2D eigenvalue weighted by atomic mass is 127. The van der Waals surface area contributed by atoms with Crippen molar-refractivity contribution < 1.29 is 4.74 Å². The summed E-state index contributed by atoms with van der Waals surface area (Å²) in [6, 6.07) is 7.11. The smallest absolute Gasteiger partial charge is 0.191 e. The van der Waals surface area contributed by atoms with Gasteiger partial charge in [0.25, 0.3) is 0 Å².